The van der Waals surface area contributed by atoms with Crippen LogP contribution >= 0.6 is 0 Å². The van der Waals surface area contributed by atoms with Crippen LogP contribution in [-0.4, -0.2) is 20.6 Å². The second kappa shape index (κ2) is 5.80. The molecular weight excluding hydrogens is 266 g/mol. The zero-order valence-corrected chi connectivity index (χ0v) is 10.2. The maximum atomic E-state index is 11.2. The second-order valence-corrected chi connectivity index (χ2v) is 3.77. The molecular formula is C11H11N5O4. The van der Waals surface area contributed by atoms with Crippen LogP contribution in [0.15, 0.2) is 36.7 Å². The molecule has 1 aromatic carbocycles. The number of ether oxygens (including phenoxy) is 1. The molecule has 3 N–H and O–H groups in total. The van der Waals surface area contributed by atoms with Crippen molar-refractivity contribution >= 4 is 11.6 Å². The van der Waals surface area contributed by atoms with Crippen LogP contribution in [0.1, 0.15) is 10.4 Å². The normalized spacial score (nSPS) is 10.1. The number of amides is 1. The first-order valence-corrected chi connectivity index (χ1v) is 5.51. The van der Waals surface area contributed by atoms with Crippen molar-refractivity contribution in [2.24, 2.45) is 5.84 Å². The van der Waals surface area contributed by atoms with Crippen molar-refractivity contribution in [2.75, 3.05) is 0 Å². The summed E-state index contributed by atoms with van der Waals surface area (Å²) in [6.07, 6.45) is 2.40. The predicted octanol–water partition coefficient (Wildman–Crippen LogP) is 0.431. The van der Waals surface area contributed by atoms with E-state index in [0.717, 1.165) is 6.20 Å². The summed E-state index contributed by atoms with van der Waals surface area (Å²) in [5.41, 5.74) is 2.30. The van der Waals surface area contributed by atoms with Crippen LogP contribution in [0.4, 0.5) is 5.69 Å². The lowest BCUT2D eigenvalue weighted by Crippen LogP contribution is -2.29. The van der Waals surface area contributed by atoms with E-state index in [2.05, 4.69) is 5.10 Å². The number of nitrogen functional groups attached to an aromatic ring is 1. The number of benzene rings is 1. The molecule has 1 heterocycles. The van der Waals surface area contributed by atoms with Crippen molar-refractivity contribution in [3.8, 4) is 5.75 Å². The van der Waals surface area contributed by atoms with Crippen LogP contribution in [0, 0.1) is 10.1 Å². The van der Waals surface area contributed by atoms with E-state index in [1.54, 1.807) is 24.3 Å². The third kappa shape index (κ3) is 3.09. The van der Waals surface area contributed by atoms with Crippen molar-refractivity contribution in [3.63, 3.8) is 0 Å². The highest BCUT2D eigenvalue weighted by Crippen LogP contribution is 2.13. The molecule has 0 spiro atoms. The van der Waals surface area contributed by atoms with Gasteiger partial charge in [0.15, 0.2) is 6.73 Å². The predicted molar refractivity (Wildman–Crippen MR) is 67.6 cm³/mol. The number of aromatic nitrogens is 2. The van der Waals surface area contributed by atoms with E-state index in [-0.39, 0.29) is 12.4 Å². The molecule has 1 amide bonds. The van der Waals surface area contributed by atoms with E-state index in [4.69, 9.17) is 10.6 Å². The standard InChI is InChI=1S/C11H11N5O4/c12-14-11(17)8-1-3-10(4-2-8)20-7-15-6-9(5-13-15)16(18)19/h1-6H,7,12H2,(H,14,17). The number of nitro groups is 1. The van der Waals surface area contributed by atoms with Crippen molar-refractivity contribution < 1.29 is 14.5 Å². The second-order valence-electron chi connectivity index (χ2n) is 3.77. The Hall–Kier alpha value is -2.94. The number of carbonyl (C=O) groups excluding carboxylic acids is 1. The average Bonchev–Trinajstić information content (AvgIpc) is 2.94. The Labute approximate surface area is 113 Å². The van der Waals surface area contributed by atoms with Gasteiger partial charge in [-0.05, 0) is 24.3 Å². The SMILES string of the molecule is NNC(=O)c1ccc(OCn2cc([N+](=O)[O-])cn2)cc1. The summed E-state index contributed by atoms with van der Waals surface area (Å²) >= 11 is 0. The van der Waals surface area contributed by atoms with E-state index in [0.29, 0.717) is 11.3 Å². The lowest BCUT2D eigenvalue weighted by atomic mass is 10.2. The van der Waals surface area contributed by atoms with Crippen LogP contribution in [0.3, 0.4) is 0 Å². The summed E-state index contributed by atoms with van der Waals surface area (Å²) in [6, 6.07) is 6.26. The van der Waals surface area contributed by atoms with E-state index < -0.39 is 10.8 Å². The topological polar surface area (TPSA) is 125 Å². The van der Waals surface area contributed by atoms with Gasteiger partial charge in [0.25, 0.3) is 5.91 Å². The summed E-state index contributed by atoms with van der Waals surface area (Å²) in [5, 5.41) is 14.3. The first-order valence-electron chi connectivity index (χ1n) is 5.51. The largest absolute Gasteiger partial charge is 0.471 e. The molecule has 0 bridgehead atoms. The molecule has 0 atom stereocenters. The Morgan fingerprint density at radius 1 is 1.45 bits per heavy atom. The first kappa shape index (κ1) is 13.5. The molecule has 104 valence electrons. The summed E-state index contributed by atoms with van der Waals surface area (Å²) in [4.78, 5) is 21.2. The third-order valence-corrected chi connectivity index (χ3v) is 2.44. The summed E-state index contributed by atoms with van der Waals surface area (Å²) in [5.74, 6) is 5.10. The molecule has 2 aromatic rings. The fraction of sp³-hybridized carbons (Fsp3) is 0.0909. The highest BCUT2D eigenvalue weighted by Gasteiger charge is 2.09. The minimum absolute atomic E-state index is 0.0241. The van der Waals surface area contributed by atoms with Gasteiger partial charge in [0, 0.05) is 5.56 Å². The van der Waals surface area contributed by atoms with Crippen molar-refractivity contribution in [1.29, 1.82) is 0 Å². The zero-order valence-electron chi connectivity index (χ0n) is 10.2. The first-order chi connectivity index (χ1) is 9.60. The minimum atomic E-state index is -0.538. The molecule has 0 saturated carbocycles. The molecule has 20 heavy (non-hydrogen) atoms. The Bertz CT molecular complexity index is 622. The highest BCUT2D eigenvalue weighted by molar-refractivity contribution is 5.93. The van der Waals surface area contributed by atoms with Gasteiger partial charge in [0.2, 0.25) is 0 Å². The fourth-order valence-electron chi connectivity index (χ4n) is 1.44. The van der Waals surface area contributed by atoms with Gasteiger partial charge >= 0.3 is 5.69 Å². The molecule has 0 aliphatic carbocycles. The van der Waals surface area contributed by atoms with Gasteiger partial charge in [0.1, 0.15) is 18.1 Å². The summed E-state index contributed by atoms with van der Waals surface area (Å²) in [7, 11) is 0. The van der Waals surface area contributed by atoms with E-state index in [1.165, 1.54) is 10.9 Å². The van der Waals surface area contributed by atoms with E-state index in [1.807, 2.05) is 5.43 Å². The van der Waals surface area contributed by atoms with Crippen LogP contribution in [-0.2, 0) is 6.73 Å². The van der Waals surface area contributed by atoms with Gasteiger partial charge in [-0.2, -0.15) is 5.10 Å². The average molecular weight is 277 g/mol. The summed E-state index contributed by atoms with van der Waals surface area (Å²) < 4.78 is 6.66. The molecule has 9 heteroatoms. The summed E-state index contributed by atoms with van der Waals surface area (Å²) in [6.45, 7) is 0.0241. The lowest BCUT2D eigenvalue weighted by Gasteiger charge is -2.06. The minimum Gasteiger partial charge on any atom is -0.471 e. The van der Waals surface area contributed by atoms with Crippen molar-refractivity contribution in [2.45, 2.75) is 6.73 Å². The Morgan fingerprint density at radius 2 is 2.15 bits per heavy atom. The Kier molecular flexibility index (Phi) is 3.91. The van der Waals surface area contributed by atoms with E-state index in [9.17, 15) is 14.9 Å². The quantitative estimate of drug-likeness (QED) is 0.353. The number of nitrogens with zero attached hydrogens (tertiary/aromatic N) is 3. The number of nitrogens with two attached hydrogens (primary N) is 1. The smallest absolute Gasteiger partial charge is 0.307 e. The van der Waals surface area contributed by atoms with E-state index >= 15 is 0 Å². The Balaban J connectivity index is 1.96. The molecule has 0 aliphatic heterocycles. The number of hydrogen-bond acceptors (Lipinski definition) is 6. The fourth-order valence-corrected chi connectivity index (χ4v) is 1.44. The van der Waals surface area contributed by atoms with Crippen LogP contribution in [0.5, 0.6) is 5.75 Å². The molecule has 1 aromatic heterocycles. The number of nitrogens with one attached hydrogen (secondary N) is 1. The zero-order chi connectivity index (χ0) is 14.5. The monoisotopic (exact) mass is 277 g/mol. The van der Waals surface area contributed by atoms with Gasteiger partial charge < -0.3 is 4.74 Å². The van der Waals surface area contributed by atoms with Gasteiger partial charge in [0.05, 0.1) is 4.92 Å². The van der Waals surface area contributed by atoms with Crippen LogP contribution < -0.4 is 16.0 Å². The number of hydrogen-bond donors (Lipinski definition) is 2. The van der Waals surface area contributed by atoms with Gasteiger partial charge in [-0.3, -0.25) is 20.3 Å². The van der Waals surface area contributed by atoms with Crippen LogP contribution in [0.25, 0.3) is 0 Å². The molecule has 9 nitrogen and oxygen atoms in total. The van der Waals surface area contributed by atoms with Crippen molar-refractivity contribution in [1.82, 2.24) is 15.2 Å². The lowest BCUT2D eigenvalue weighted by molar-refractivity contribution is -0.385. The third-order valence-electron chi connectivity index (χ3n) is 2.44. The van der Waals surface area contributed by atoms with Crippen molar-refractivity contribution in [3.05, 3.63) is 52.3 Å². The Morgan fingerprint density at radius 3 is 2.70 bits per heavy atom. The molecule has 0 fully saturated rings. The molecule has 0 radical (unpaired) electrons. The maximum Gasteiger partial charge on any atom is 0.307 e. The van der Waals surface area contributed by atoms with Gasteiger partial charge in [-0.25, -0.2) is 10.5 Å². The molecule has 0 unspecified atom stereocenters. The van der Waals surface area contributed by atoms with Crippen LogP contribution in [0.2, 0.25) is 0 Å². The number of carbonyl (C=O) groups is 1. The maximum absolute atomic E-state index is 11.2. The number of rotatable bonds is 5. The van der Waals surface area contributed by atoms with Gasteiger partial charge in [-0.1, -0.05) is 0 Å². The van der Waals surface area contributed by atoms with Gasteiger partial charge in [-0.15, -0.1) is 0 Å². The highest BCUT2D eigenvalue weighted by atomic mass is 16.6. The number of hydrazine groups is 1. The molecule has 0 saturated heterocycles. The molecule has 0 aliphatic rings. The molecule has 2 rings (SSSR count).